The molecule has 0 aliphatic heterocycles. The molecular weight excluding hydrogens is 518 g/mol. The molecule has 1 N–H and O–H groups in total. The Hall–Kier alpha value is -4.03. The molecule has 0 aliphatic rings. The van der Waals surface area contributed by atoms with E-state index in [9.17, 15) is 4.79 Å². The second-order valence-corrected chi connectivity index (χ2v) is 9.09. The van der Waals surface area contributed by atoms with Crippen molar-refractivity contribution in [2.45, 2.75) is 0 Å². The van der Waals surface area contributed by atoms with Crippen molar-refractivity contribution in [3.63, 3.8) is 0 Å². The van der Waals surface area contributed by atoms with Crippen LogP contribution in [0.15, 0.2) is 89.4 Å². The summed E-state index contributed by atoms with van der Waals surface area (Å²) in [6.07, 6.45) is 0. The fourth-order valence-corrected chi connectivity index (χ4v) is 4.91. The van der Waals surface area contributed by atoms with Crippen LogP contribution in [0.25, 0.3) is 33.2 Å². The van der Waals surface area contributed by atoms with Crippen LogP contribution >= 0.6 is 15.9 Å². The fraction of sp³-hybridized carbons (Fsp3) is 0.100. The predicted molar refractivity (Wildman–Crippen MR) is 146 cm³/mol. The number of nitrogens with one attached hydrogen (secondary N) is 1. The zero-order valence-corrected chi connectivity index (χ0v) is 21.7. The average Bonchev–Trinajstić information content (AvgIpc) is 3.34. The highest BCUT2D eigenvalue weighted by atomic mass is 79.9. The maximum absolute atomic E-state index is 13.8. The van der Waals surface area contributed by atoms with Crippen molar-refractivity contribution in [3.05, 3.63) is 101 Å². The first kappa shape index (κ1) is 23.7. The Morgan fingerprint density at radius 3 is 1.69 bits per heavy atom. The van der Waals surface area contributed by atoms with Gasteiger partial charge in [0.1, 0.15) is 17.2 Å². The van der Waals surface area contributed by atoms with Gasteiger partial charge in [-0.2, -0.15) is 0 Å². The summed E-state index contributed by atoms with van der Waals surface area (Å²) in [6.45, 7) is 0. The summed E-state index contributed by atoms with van der Waals surface area (Å²) in [5.74, 6) is 2.13. The predicted octanol–water partition coefficient (Wildman–Crippen LogP) is 7.52. The van der Waals surface area contributed by atoms with E-state index in [4.69, 9.17) is 14.2 Å². The lowest BCUT2D eigenvalue weighted by molar-refractivity contribution is 0.103. The third-order valence-corrected chi connectivity index (χ3v) is 6.92. The molecule has 6 heteroatoms. The normalized spacial score (nSPS) is 10.9. The van der Waals surface area contributed by atoms with E-state index >= 15 is 0 Å². The molecule has 5 rings (SSSR count). The summed E-state index contributed by atoms with van der Waals surface area (Å²) < 4.78 is 16.8. The van der Waals surface area contributed by atoms with Crippen molar-refractivity contribution in [3.8, 4) is 39.5 Å². The highest BCUT2D eigenvalue weighted by Gasteiger charge is 2.24. The van der Waals surface area contributed by atoms with Gasteiger partial charge in [-0.15, -0.1) is 0 Å². The average molecular weight is 542 g/mol. The van der Waals surface area contributed by atoms with E-state index in [0.29, 0.717) is 17.0 Å². The zero-order valence-electron chi connectivity index (χ0n) is 20.1. The molecule has 0 fully saturated rings. The van der Waals surface area contributed by atoms with Crippen LogP contribution in [0.2, 0.25) is 0 Å². The first-order valence-electron chi connectivity index (χ1n) is 11.4. The molecule has 0 saturated carbocycles. The number of halogens is 1. The maximum Gasteiger partial charge on any atom is 0.209 e. The Morgan fingerprint density at radius 2 is 1.17 bits per heavy atom. The van der Waals surface area contributed by atoms with E-state index in [1.807, 2.05) is 60.7 Å². The van der Waals surface area contributed by atoms with E-state index in [0.717, 1.165) is 49.1 Å². The first-order chi connectivity index (χ1) is 17.5. The lowest BCUT2D eigenvalue weighted by atomic mass is 9.96. The van der Waals surface area contributed by atoms with Crippen molar-refractivity contribution in [1.29, 1.82) is 0 Å². The minimum Gasteiger partial charge on any atom is -0.497 e. The molecule has 0 radical (unpaired) electrons. The quantitative estimate of drug-likeness (QED) is 0.216. The number of hydrogen-bond donors (Lipinski definition) is 1. The summed E-state index contributed by atoms with van der Waals surface area (Å²) in [5.41, 5.74) is 5.69. The molecule has 0 saturated heterocycles. The number of methoxy groups -OCH3 is 3. The maximum atomic E-state index is 13.8. The molecule has 4 aromatic carbocycles. The molecule has 0 atom stereocenters. The third kappa shape index (κ3) is 4.25. The summed E-state index contributed by atoms with van der Waals surface area (Å²) in [4.78, 5) is 17.3. The minimum absolute atomic E-state index is 0.104. The number of H-pyrrole nitrogens is 1. The van der Waals surface area contributed by atoms with Gasteiger partial charge in [0.15, 0.2) is 0 Å². The number of aromatic nitrogens is 1. The number of hydrogen-bond acceptors (Lipinski definition) is 4. The molecule has 0 aliphatic carbocycles. The molecule has 180 valence electrons. The summed E-state index contributed by atoms with van der Waals surface area (Å²) in [7, 11) is 4.89. The van der Waals surface area contributed by atoms with Crippen LogP contribution in [-0.4, -0.2) is 32.1 Å². The number of ketones is 1. The van der Waals surface area contributed by atoms with Gasteiger partial charge in [-0.05, 0) is 65.7 Å². The van der Waals surface area contributed by atoms with Gasteiger partial charge in [-0.1, -0.05) is 46.3 Å². The monoisotopic (exact) mass is 541 g/mol. The molecule has 5 aromatic rings. The number of carbonyl (C=O) groups excluding carboxylic acids is 1. The van der Waals surface area contributed by atoms with Crippen LogP contribution in [0, 0.1) is 0 Å². The second kappa shape index (κ2) is 9.91. The highest BCUT2D eigenvalue weighted by molar-refractivity contribution is 9.10. The minimum atomic E-state index is -0.104. The number of fused-ring (bicyclic) bond motifs is 1. The van der Waals surface area contributed by atoms with E-state index in [1.165, 1.54) is 0 Å². The Morgan fingerprint density at radius 1 is 0.667 bits per heavy atom. The molecule has 0 amide bonds. The van der Waals surface area contributed by atoms with Crippen LogP contribution in [0.3, 0.4) is 0 Å². The van der Waals surface area contributed by atoms with Crippen LogP contribution < -0.4 is 14.2 Å². The van der Waals surface area contributed by atoms with Gasteiger partial charge in [0.25, 0.3) is 0 Å². The summed E-state index contributed by atoms with van der Waals surface area (Å²) in [5, 5.41) is 0.936. The van der Waals surface area contributed by atoms with Gasteiger partial charge >= 0.3 is 0 Å². The van der Waals surface area contributed by atoms with E-state index in [2.05, 4.69) is 20.9 Å². The number of rotatable bonds is 7. The van der Waals surface area contributed by atoms with Crippen LogP contribution in [0.1, 0.15) is 16.1 Å². The Labute approximate surface area is 217 Å². The van der Waals surface area contributed by atoms with Gasteiger partial charge in [-0.25, -0.2) is 0 Å². The third-order valence-electron chi connectivity index (χ3n) is 6.26. The Balaban J connectivity index is 1.76. The molecule has 1 aromatic heterocycles. The number of aromatic amines is 1. The number of ether oxygens (including phenoxy) is 3. The lowest BCUT2D eigenvalue weighted by Crippen LogP contribution is -2.03. The van der Waals surface area contributed by atoms with Crippen molar-refractivity contribution in [1.82, 2.24) is 4.98 Å². The standard InChI is InChI=1S/C30H24BrNO4/c1-34-21-10-4-18(5-11-21)24-16-17-25(31)27-26(19-6-12-22(35-2)13-7-19)29(32-28(24)27)30(33)20-8-14-23(36-3)15-9-20/h4-17,32H,1-3H3. The summed E-state index contributed by atoms with van der Waals surface area (Å²) in [6, 6.07) is 26.8. The first-order valence-corrected chi connectivity index (χ1v) is 12.1. The Kier molecular flexibility index (Phi) is 6.53. The largest absolute Gasteiger partial charge is 0.497 e. The zero-order chi connectivity index (χ0) is 25.2. The molecular formula is C30H24BrNO4. The number of carbonyl (C=O) groups is 1. The molecule has 1 heterocycles. The van der Waals surface area contributed by atoms with E-state index in [1.54, 1.807) is 45.6 Å². The van der Waals surface area contributed by atoms with E-state index in [-0.39, 0.29) is 5.78 Å². The highest BCUT2D eigenvalue weighted by Crippen LogP contribution is 2.42. The van der Waals surface area contributed by atoms with Crippen molar-refractivity contribution >= 4 is 32.6 Å². The van der Waals surface area contributed by atoms with E-state index < -0.39 is 0 Å². The summed E-state index contributed by atoms with van der Waals surface area (Å²) >= 11 is 3.75. The molecule has 36 heavy (non-hydrogen) atoms. The second-order valence-electron chi connectivity index (χ2n) is 8.23. The van der Waals surface area contributed by atoms with Gasteiger partial charge in [0.05, 0.1) is 32.5 Å². The molecule has 5 nitrogen and oxygen atoms in total. The number of benzene rings is 4. The Bertz CT molecular complexity index is 1540. The van der Waals surface area contributed by atoms with Crippen molar-refractivity contribution < 1.29 is 19.0 Å². The van der Waals surface area contributed by atoms with Crippen molar-refractivity contribution in [2.24, 2.45) is 0 Å². The van der Waals surface area contributed by atoms with Gasteiger partial charge in [0.2, 0.25) is 5.78 Å². The fourth-order valence-electron chi connectivity index (χ4n) is 4.38. The van der Waals surface area contributed by atoms with Gasteiger partial charge in [-0.3, -0.25) is 4.79 Å². The SMILES string of the molecule is COc1ccc(C(=O)c2[nH]c3c(-c4ccc(OC)cc4)ccc(Br)c3c2-c2ccc(OC)cc2)cc1. The van der Waals surface area contributed by atoms with Crippen LogP contribution in [-0.2, 0) is 0 Å². The van der Waals surface area contributed by atoms with Gasteiger partial charge in [0, 0.05) is 26.5 Å². The lowest BCUT2D eigenvalue weighted by Gasteiger charge is -2.09. The smallest absolute Gasteiger partial charge is 0.209 e. The topological polar surface area (TPSA) is 60.6 Å². The van der Waals surface area contributed by atoms with Gasteiger partial charge < -0.3 is 19.2 Å². The van der Waals surface area contributed by atoms with Crippen LogP contribution in [0.4, 0.5) is 0 Å². The van der Waals surface area contributed by atoms with Crippen LogP contribution in [0.5, 0.6) is 17.2 Å². The molecule has 0 spiro atoms. The molecule has 0 unspecified atom stereocenters. The van der Waals surface area contributed by atoms with Crippen molar-refractivity contribution in [2.75, 3.05) is 21.3 Å². The molecule has 0 bridgehead atoms.